The zero-order valence-electron chi connectivity index (χ0n) is 26.3. The monoisotopic (exact) mass is 611 g/mol. The third-order valence-electron chi connectivity index (χ3n) is 9.93. The Bertz CT molecular complexity index is 1630. The number of hydrogen-bond donors (Lipinski definition) is 3. The van der Waals surface area contributed by atoms with Crippen LogP contribution in [-0.4, -0.2) is 54.2 Å². The maximum Gasteiger partial charge on any atom is 0.270 e. The van der Waals surface area contributed by atoms with Crippen molar-refractivity contribution in [1.29, 1.82) is 0 Å². The van der Waals surface area contributed by atoms with Gasteiger partial charge in [0.05, 0.1) is 18.1 Å². The molecule has 0 spiro atoms. The van der Waals surface area contributed by atoms with Crippen molar-refractivity contribution < 1.29 is 9.90 Å². The minimum absolute atomic E-state index is 0.0357. The van der Waals surface area contributed by atoms with Gasteiger partial charge in [-0.2, -0.15) is 5.21 Å². The first kappa shape index (κ1) is 31.0. The van der Waals surface area contributed by atoms with Crippen LogP contribution in [0.3, 0.4) is 0 Å². The van der Waals surface area contributed by atoms with E-state index in [1.807, 2.05) is 22.9 Å². The molecule has 0 bridgehead atoms. The van der Waals surface area contributed by atoms with E-state index < -0.39 is 5.41 Å². The normalized spacial score (nSPS) is 17.6. The van der Waals surface area contributed by atoms with Crippen LogP contribution in [0.25, 0.3) is 22.5 Å². The van der Waals surface area contributed by atoms with Crippen LogP contribution in [-0.2, 0) is 24.2 Å². The van der Waals surface area contributed by atoms with Crippen molar-refractivity contribution in [2.45, 2.75) is 96.6 Å². The first-order valence-electron chi connectivity index (χ1n) is 16.7. The third kappa shape index (κ3) is 6.12. The van der Waals surface area contributed by atoms with Crippen molar-refractivity contribution in [2.24, 2.45) is 5.41 Å². The second-order valence-electron chi connectivity index (χ2n) is 12.7. The molecule has 6 rings (SSSR count). The Morgan fingerprint density at radius 1 is 1.04 bits per heavy atom. The Morgan fingerprint density at radius 2 is 1.82 bits per heavy atom. The molecule has 3 N–H and O–H groups in total. The van der Waals surface area contributed by atoms with Gasteiger partial charge in [-0.3, -0.25) is 14.3 Å². The summed E-state index contributed by atoms with van der Waals surface area (Å²) in [5.74, 6) is 0.586. The Balaban J connectivity index is 1.37. The lowest BCUT2D eigenvalue weighted by molar-refractivity contribution is -0.138. The molecule has 1 amide bonds. The lowest BCUT2D eigenvalue weighted by Crippen LogP contribution is -2.51. The average molecular weight is 612 g/mol. The van der Waals surface area contributed by atoms with Crippen molar-refractivity contribution in [1.82, 2.24) is 35.3 Å². The largest absolute Gasteiger partial charge is 0.395 e. The summed E-state index contributed by atoms with van der Waals surface area (Å²) in [6, 6.07) is 16.4. The van der Waals surface area contributed by atoms with E-state index in [0.29, 0.717) is 18.8 Å². The first-order valence-corrected chi connectivity index (χ1v) is 16.7. The van der Waals surface area contributed by atoms with Crippen molar-refractivity contribution >= 4 is 5.91 Å². The summed E-state index contributed by atoms with van der Waals surface area (Å²) in [4.78, 5) is 28.1. The molecule has 2 aromatic heterocycles. The number of benzene rings is 2. The molecule has 4 aromatic rings. The van der Waals surface area contributed by atoms with E-state index in [2.05, 4.69) is 67.9 Å². The molecule has 0 radical (unpaired) electrons. The van der Waals surface area contributed by atoms with Crippen LogP contribution in [0.15, 0.2) is 53.3 Å². The molecular weight excluding hydrogens is 566 g/mol. The molecule has 2 aromatic carbocycles. The van der Waals surface area contributed by atoms with Gasteiger partial charge in [0, 0.05) is 36.3 Å². The summed E-state index contributed by atoms with van der Waals surface area (Å²) in [5.41, 5.74) is 5.53. The average Bonchev–Trinajstić information content (AvgIpc) is 3.72. The molecule has 0 saturated heterocycles. The number of carbonyl (C=O) groups excluding carboxylic acids is 1. The molecule has 45 heavy (non-hydrogen) atoms. The smallest absolute Gasteiger partial charge is 0.270 e. The number of tetrazole rings is 1. The van der Waals surface area contributed by atoms with Gasteiger partial charge in [0.1, 0.15) is 0 Å². The van der Waals surface area contributed by atoms with E-state index in [1.165, 1.54) is 0 Å². The molecule has 1 aliphatic carbocycles. The van der Waals surface area contributed by atoms with Gasteiger partial charge in [0.25, 0.3) is 5.56 Å². The van der Waals surface area contributed by atoms with Crippen molar-refractivity contribution in [3.8, 4) is 22.5 Å². The standard InChI is InChI=1S/C35H45N7O3/c1-2-3-5-13-30-29(24-25-15-17-26(18-16-25)27-11-6-7-12-28(27)32-37-39-40-38-32)33(44)41-22-10-14-31(42(30)41)35(19-8-4-9-20-35)34(45)36-21-23-43/h6-7,11-12,15-18,31,43H,2-5,8-10,13-14,19-24H2,1H3,(H,36,45)(H,37,38,39,40). The third-order valence-corrected chi connectivity index (χ3v) is 9.93. The zero-order valence-corrected chi connectivity index (χ0v) is 26.3. The quantitative estimate of drug-likeness (QED) is 0.189. The Hall–Kier alpha value is -4.05. The molecule has 1 unspecified atom stereocenters. The molecule has 1 saturated carbocycles. The van der Waals surface area contributed by atoms with Gasteiger partial charge in [-0.05, 0) is 60.4 Å². The van der Waals surface area contributed by atoms with E-state index in [0.717, 1.165) is 104 Å². The van der Waals surface area contributed by atoms with Gasteiger partial charge >= 0.3 is 0 Å². The van der Waals surface area contributed by atoms with Crippen LogP contribution < -0.4 is 10.9 Å². The number of fused-ring (bicyclic) bond motifs is 1. The molecule has 1 fully saturated rings. The number of aromatic amines is 1. The number of aromatic nitrogens is 6. The highest BCUT2D eigenvalue weighted by atomic mass is 16.3. The summed E-state index contributed by atoms with van der Waals surface area (Å²) in [6.45, 7) is 3.06. The molecule has 3 heterocycles. The SMILES string of the molecule is CCCCCc1c(Cc2ccc(-c3ccccc3-c3nn[nH]n3)cc2)c(=O)n2n1C(C1(C(=O)NCCO)CCCCC1)CCC2. The van der Waals surface area contributed by atoms with Crippen LogP contribution in [0, 0.1) is 5.41 Å². The summed E-state index contributed by atoms with van der Waals surface area (Å²) in [6.07, 6.45) is 11.1. The Morgan fingerprint density at radius 3 is 2.53 bits per heavy atom. The van der Waals surface area contributed by atoms with Crippen LogP contribution >= 0.6 is 0 Å². The van der Waals surface area contributed by atoms with Gasteiger partial charge in [0.15, 0.2) is 0 Å². The van der Waals surface area contributed by atoms with Crippen molar-refractivity contribution in [3.63, 3.8) is 0 Å². The van der Waals surface area contributed by atoms with Crippen LogP contribution in [0.2, 0.25) is 0 Å². The minimum Gasteiger partial charge on any atom is -0.395 e. The van der Waals surface area contributed by atoms with Crippen LogP contribution in [0.5, 0.6) is 0 Å². The van der Waals surface area contributed by atoms with E-state index in [4.69, 9.17) is 0 Å². The summed E-state index contributed by atoms with van der Waals surface area (Å²) < 4.78 is 4.23. The van der Waals surface area contributed by atoms with Gasteiger partial charge in [-0.15, -0.1) is 10.2 Å². The number of rotatable bonds is 12. The molecule has 1 aliphatic heterocycles. The molecule has 10 nitrogen and oxygen atoms in total. The van der Waals surface area contributed by atoms with E-state index in [9.17, 15) is 14.7 Å². The summed E-state index contributed by atoms with van der Waals surface area (Å²) in [5, 5.41) is 27.1. The van der Waals surface area contributed by atoms with Gasteiger partial charge in [-0.1, -0.05) is 87.6 Å². The van der Waals surface area contributed by atoms with E-state index >= 15 is 0 Å². The first-order chi connectivity index (χ1) is 22.1. The number of aliphatic hydroxyl groups excluding tert-OH is 1. The predicted molar refractivity (Wildman–Crippen MR) is 174 cm³/mol. The molecule has 2 aliphatic rings. The van der Waals surface area contributed by atoms with Gasteiger partial charge in [-0.25, -0.2) is 4.68 Å². The van der Waals surface area contributed by atoms with Crippen molar-refractivity contribution in [2.75, 3.05) is 13.2 Å². The fourth-order valence-corrected chi connectivity index (χ4v) is 7.73. The van der Waals surface area contributed by atoms with Crippen molar-refractivity contribution in [3.05, 3.63) is 75.7 Å². The fourth-order valence-electron chi connectivity index (χ4n) is 7.73. The Labute approximate surface area is 264 Å². The lowest BCUT2D eigenvalue weighted by Gasteiger charge is -2.45. The highest BCUT2D eigenvalue weighted by molar-refractivity contribution is 5.83. The van der Waals surface area contributed by atoms with Gasteiger partial charge in [0.2, 0.25) is 11.7 Å². The number of hydrogen-bond acceptors (Lipinski definition) is 6. The van der Waals surface area contributed by atoms with E-state index in [1.54, 1.807) is 0 Å². The molecule has 1 atom stereocenters. The number of carbonyl (C=O) groups is 1. The topological polar surface area (TPSA) is 131 Å². The number of H-pyrrole nitrogens is 1. The number of aliphatic hydroxyl groups is 1. The Kier molecular flexibility index (Phi) is 9.59. The lowest BCUT2D eigenvalue weighted by atomic mass is 9.66. The molecular formula is C35H45N7O3. The second kappa shape index (κ2) is 13.9. The highest BCUT2D eigenvalue weighted by Crippen LogP contribution is 2.49. The molecule has 10 heteroatoms. The zero-order chi connectivity index (χ0) is 31.2. The minimum atomic E-state index is -0.564. The molecule has 238 valence electrons. The fraction of sp³-hybridized carbons (Fsp3) is 0.514. The number of unbranched alkanes of at least 4 members (excludes halogenated alkanes) is 2. The summed E-state index contributed by atoms with van der Waals surface area (Å²) in [7, 11) is 0. The van der Waals surface area contributed by atoms with E-state index in [-0.39, 0.29) is 30.7 Å². The maximum absolute atomic E-state index is 14.2. The van der Waals surface area contributed by atoms with Gasteiger partial charge < -0.3 is 10.4 Å². The predicted octanol–water partition coefficient (Wildman–Crippen LogP) is 5.21. The highest BCUT2D eigenvalue weighted by Gasteiger charge is 2.49. The second-order valence-corrected chi connectivity index (χ2v) is 12.7. The summed E-state index contributed by atoms with van der Waals surface area (Å²) >= 11 is 0. The number of nitrogens with zero attached hydrogens (tertiary/aromatic N) is 5. The number of amides is 1. The van der Waals surface area contributed by atoms with Crippen LogP contribution in [0.4, 0.5) is 0 Å². The van der Waals surface area contributed by atoms with Crippen LogP contribution in [0.1, 0.15) is 94.0 Å². The maximum atomic E-state index is 14.2. The number of nitrogens with one attached hydrogen (secondary N) is 2.